The Hall–Kier alpha value is -2.07. The van der Waals surface area contributed by atoms with Crippen LogP contribution in [0, 0.1) is 25.7 Å². The number of nitrogens with zero attached hydrogens (tertiary/aromatic N) is 1. The van der Waals surface area contributed by atoms with Gasteiger partial charge in [-0.1, -0.05) is 11.6 Å². The molecule has 5 rings (SSSR count). The Labute approximate surface area is 240 Å². The molecule has 3 aliphatic heterocycles. The largest absolute Gasteiger partial charge is 0.448 e. The molecule has 1 aromatic heterocycles. The van der Waals surface area contributed by atoms with Gasteiger partial charge in [0.1, 0.15) is 0 Å². The van der Waals surface area contributed by atoms with Gasteiger partial charge in [-0.3, -0.25) is 9.59 Å². The molecule has 4 heterocycles. The van der Waals surface area contributed by atoms with Crippen LogP contribution in [0.2, 0.25) is 5.02 Å². The fourth-order valence-electron chi connectivity index (χ4n) is 5.67. The van der Waals surface area contributed by atoms with Crippen LogP contribution < -0.4 is 20.3 Å². The number of aromatic amines is 1. The number of aromatic nitrogens is 1. The van der Waals surface area contributed by atoms with E-state index in [1.165, 1.54) is 17.8 Å². The van der Waals surface area contributed by atoms with E-state index in [9.17, 15) is 9.59 Å². The summed E-state index contributed by atoms with van der Waals surface area (Å²) in [5.74, 6) is 0.162. The number of halogens is 1. The Morgan fingerprint density at radius 2 is 1.90 bits per heavy atom. The van der Waals surface area contributed by atoms with Gasteiger partial charge in [0, 0.05) is 52.6 Å². The van der Waals surface area contributed by atoms with E-state index in [4.69, 9.17) is 41.5 Å². The van der Waals surface area contributed by atoms with Crippen molar-refractivity contribution in [2.45, 2.75) is 49.6 Å². The van der Waals surface area contributed by atoms with E-state index < -0.39 is 22.6 Å². The Balaban J connectivity index is 1.34. The Kier molecular flexibility index (Phi) is 7.83. The van der Waals surface area contributed by atoms with E-state index in [0.29, 0.717) is 33.6 Å². The summed E-state index contributed by atoms with van der Waals surface area (Å²) >= 11 is 7.93. The Morgan fingerprint density at radius 1 is 1.23 bits per heavy atom. The number of nitrogens with one attached hydrogen (secondary N) is 2. The highest BCUT2D eigenvalue weighted by atomic mass is 35.5. The van der Waals surface area contributed by atoms with Crippen LogP contribution in [0.4, 0.5) is 0 Å². The molecule has 204 valence electrons. The summed E-state index contributed by atoms with van der Waals surface area (Å²) in [7, 11) is 12.6. The summed E-state index contributed by atoms with van der Waals surface area (Å²) in [6.07, 6.45) is 3.66. The molecule has 2 N–H and O–H groups in total. The number of piperidine rings is 1. The minimum absolute atomic E-state index is 0.0715. The van der Waals surface area contributed by atoms with Crippen molar-refractivity contribution >= 4 is 45.0 Å². The average Bonchev–Trinajstić information content (AvgIpc) is 3.22. The molecule has 0 aliphatic carbocycles. The molecule has 0 bridgehead atoms. The van der Waals surface area contributed by atoms with E-state index >= 15 is 0 Å². The lowest BCUT2D eigenvalue weighted by Crippen LogP contribution is -2.50. The summed E-state index contributed by atoms with van der Waals surface area (Å²) in [5.41, 5.74) is 1.06. The first-order valence-electron chi connectivity index (χ1n) is 13.1. The fourth-order valence-corrected chi connectivity index (χ4v) is 6.67. The summed E-state index contributed by atoms with van der Waals surface area (Å²) in [6, 6.07) is 3.28. The van der Waals surface area contributed by atoms with Gasteiger partial charge in [0.05, 0.1) is 33.9 Å². The number of carbonyl (C=O) groups is 1. The van der Waals surface area contributed by atoms with Crippen LogP contribution in [0.3, 0.4) is 0 Å². The molecular weight excluding hydrogens is 535 g/mol. The van der Waals surface area contributed by atoms with Crippen molar-refractivity contribution in [3.8, 4) is 11.5 Å². The minimum atomic E-state index is -1.93. The van der Waals surface area contributed by atoms with Crippen molar-refractivity contribution in [3.05, 3.63) is 49.9 Å². The summed E-state index contributed by atoms with van der Waals surface area (Å²) in [4.78, 5) is 31.9. The van der Waals surface area contributed by atoms with Crippen molar-refractivity contribution in [2.75, 3.05) is 39.1 Å². The molecule has 1 aromatic carbocycles. The predicted molar refractivity (Wildman–Crippen MR) is 154 cm³/mol. The SMILES string of the molecule is [B]C([B])(NC(=O)c1cc(Cl)c2c(c1C)OC(C)(C1CCN(CC3COC3)CC1)O2)c1c(SC)cc(C)[nH]c1=O. The van der Waals surface area contributed by atoms with E-state index in [2.05, 4.69) is 15.2 Å². The van der Waals surface area contributed by atoms with Crippen molar-refractivity contribution in [2.24, 2.45) is 11.8 Å². The van der Waals surface area contributed by atoms with E-state index in [1.54, 1.807) is 19.9 Å². The van der Waals surface area contributed by atoms with Gasteiger partial charge in [-0.15, -0.1) is 11.8 Å². The van der Waals surface area contributed by atoms with Crippen LogP contribution in [-0.2, 0) is 10.1 Å². The van der Waals surface area contributed by atoms with Gasteiger partial charge in [-0.05, 0) is 63.5 Å². The highest BCUT2D eigenvalue weighted by Crippen LogP contribution is 2.51. The van der Waals surface area contributed by atoms with Gasteiger partial charge >= 0.3 is 0 Å². The summed E-state index contributed by atoms with van der Waals surface area (Å²) < 4.78 is 18.1. The number of amides is 1. The second-order valence-corrected chi connectivity index (χ2v) is 12.2. The average molecular weight is 568 g/mol. The summed E-state index contributed by atoms with van der Waals surface area (Å²) in [5, 5.41) is 0.935. The lowest BCUT2D eigenvalue weighted by atomic mass is 9.58. The van der Waals surface area contributed by atoms with E-state index in [-0.39, 0.29) is 22.1 Å². The van der Waals surface area contributed by atoms with Crippen molar-refractivity contribution in [1.82, 2.24) is 15.2 Å². The van der Waals surface area contributed by atoms with Crippen LogP contribution in [0.25, 0.3) is 0 Å². The monoisotopic (exact) mass is 567 g/mol. The standard InChI is InChI=1S/C27H32B2ClN3O5S/c1-14-9-20(39-4)21(25(35)31-14)27(28,29)32-24(34)18-10-19(30)23-22(15(18)2)37-26(3,38-23)17-5-7-33(8-6-17)11-16-12-36-13-16/h9-10,16-17H,5-8,11-13H2,1-4H3,(H,31,35)(H,32,34). The predicted octanol–water partition coefficient (Wildman–Crippen LogP) is 3.09. The number of hydrogen-bond acceptors (Lipinski definition) is 7. The maximum Gasteiger partial charge on any atom is 0.253 e. The minimum Gasteiger partial charge on any atom is -0.448 e. The van der Waals surface area contributed by atoms with Crippen molar-refractivity contribution in [1.29, 1.82) is 0 Å². The van der Waals surface area contributed by atoms with Crippen molar-refractivity contribution < 1.29 is 19.0 Å². The molecular formula is C27H32B2ClN3O5S. The third-order valence-corrected chi connectivity index (χ3v) is 8.97. The lowest BCUT2D eigenvalue weighted by Gasteiger charge is -2.40. The number of hydrogen-bond donors (Lipinski definition) is 2. The highest BCUT2D eigenvalue weighted by molar-refractivity contribution is 7.98. The topological polar surface area (TPSA) is 92.9 Å². The van der Waals surface area contributed by atoms with Crippen LogP contribution in [0.1, 0.15) is 46.9 Å². The first-order chi connectivity index (χ1) is 18.4. The number of benzene rings is 1. The zero-order valence-electron chi connectivity index (χ0n) is 22.7. The normalized spacial score (nSPS) is 22.1. The van der Waals surface area contributed by atoms with Gasteiger partial charge in [-0.2, -0.15) is 0 Å². The molecule has 12 heteroatoms. The first kappa shape index (κ1) is 28.5. The van der Waals surface area contributed by atoms with Gasteiger partial charge in [-0.25, -0.2) is 0 Å². The lowest BCUT2D eigenvalue weighted by molar-refractivity contribution is -0.128. The first-order valence-corrected chi connectivity index (χ1v) is 14.7. The third-order valence-electron chi connectivity index (χ3n) is 7.93. The molecule has 2 saturated heterocycles. The zero-order valence-corrected chi connectivity index (χ0v) is 24.3. The molecule has 8 nitrogen and oxygen atoms in total. The maximum absolute atomic E-state index is 13.4. The number of likely N-dealkylation sites (tertiary alicyclic amines) is 1. The molecule has 1 atom stereocenters. The van der Waals surface area contributed by atoms with Gasteiger partial charge in [0.15, 0.2) is 11.5 Å². The number of H-pyrrole nitrogens is 1. The van der Waals surface area contributed by atoms with Gasteiger partial charge < -0.3 is 29.4 Å². The molecule has 3 aliphatic rings. The fraction of sp³-hybridized carbons (Fsp3) is 0.556. The van der Waals surface area contributed by atoms with Gasteiger partial charge in [0.2, 0.25) is 0 Å². The molecule has 2 fully saturated rings. The van der Waals surface area contributed by atoms with Crippen LogP contribution in [0.15, 0.2) is 21.8 Å². The smallest absolute Gasteiger partial charge is 0.253 e. The Bertz CT molecular complexity index is 1340. The Morgan fingerprint density at radius 3 is 2.51 bits per heavy atom. The van der Waals surface area contributed by atoms with Crippen LogP contribution in [-0.4, -0.2) is 76.4 Å². The summed E-state index contributed by atoms with van der Waals surface area (Å²) in [6.45, 7) is 10.1. The molecule has 1 unspecified atom stereocenters. The number of fused-ring (bicyclic) bond motifs is 1. The molecule has 1 amide bonds. The molecule has 4 radical (unpaired) electrons. The quantitative estimate of drug-likeness (QED) is 0.393. The molecule has 2 aromatic rings. The number of carbonyl (C=O) groups excluding carboxylic acids is 1. The molecule has 0 saturated carbocycles. The molecule has 39 heavy (non-hydrogen) atoms. The number of pyridine rings is 1. The maximum atomic E-state index is 13.4. The van der Waals surface area contributed by atoms with Crippen LogP contribution in [0.5, 0.6) is 11.5 Å². The van der Waals surface area contributed by atoms with Crippen LogP contribution >= 0.6 is 23.4 Å². The zero-order chi connectivity index (χ0) is 28.1. The molecule has 0 spiro atoms. The number of ether oxygens (including phenoxy) is 3. The number of rotatable bonds is 7. The second kappa shape index (κ2) is 10.7. The third kappa shape index (κ3) is 5.47. The second-order valence-electron chi connectivity index (χ2n) is 10.9. The highest BCUT2D eigenvalue weighted by Gasteiger charge is 2.47. The number of aryl methyl sites for hydroxylation is 1. The van der Waals surface area contributed by atoms with E-state index in [0.717, 1.165) is 45.7 Å². The van der Waals surface area contributed by atoms with Crippen molar-refractivity contribution in [3.63, 3.8) is 0 Å². The van der Waals surface area contributed by atoms with E-state index in [1.807, 2.05) is 13.2 Å². The number of thioether (sulfide) groups is 1. The van der Waals surface area contributed by atoms with Gasteiger partial charge in [0.25, 0.3) is 17.3 Å².